The smallest absolute Gasteiger partial charge is 0.270 e. The van der Waals surface area contributed by atoms with Gasteiger partial charge in [-0.3, -0.25) is 14.9 Å². The van der Waals surface area contributed by atoms with Crippen LogP contribution in [0.1, 0.15) is 22.3 Å². The number of nitro benzene ring substituents is 1. The summed E-state index contributed by atoms with van der Waals surface area (Å²) in [5.41, 5.74) is 0.960. The van der Waals surface area contributed by atoms with Crippen molar-refractivity contribution in [3.8, 4) is 11.5 Å². The lowest BCUT2D eigenvalue weighted by atomic mass is 10.1. The number of ether oxygens (including phenoxy) is 2. The number of nitrogens with zero attached hydrogens (tertiary/aromatic N) is 1. The third kappa shape index (κ3) is 4.86. The summed E-state index contributed by atoms with van der Waals surface area (Å²) in [6.45, 7) is 0.409. The maximum atomic E-state index is 12.2. The zero-order chi connectivity index (χ0) is 19.1. The SMILES string of the molecule is COc1ccc(CCCNC(=O)c2cc([N+](=O)[O-])ccc2Cl)cc1OC. The second-order valence-electron chi connectivity index (χ2n) is 5.47. The Morgan fingerprint density at radius 2 is 1.88 bits per heavy atom. The molecule has 2 aromatic rings. The van der Waals surface area contributed by atoms with Crippen LogP contribution in [-0.2, 0) is 6.42 Å². The fraction of sp³-hybridized carbons (Fsp3) is 0.278. The zero-order valence-electron chi connectivity index (χ0n) is 14.5. The first-order valence-electron chi connectivity index (χ1n) is 7.89. The molecule has 1 amide bonds. The molecule has 138 valence electrons. The standard InChI is InChI=1S/C18H19ClN2O5/c1-25-16-8-5-12(10-17(16)26-2)4-3-9-20-18(22)14-11-13(21(23)24)6-7-15(14)19/h5-8,10-11H,3-4,9H2,1-2H3,(H,20,22). The molecule has 8 heteroatoms. The van der Waals surface area contributed by atoms with Crippen molar-refractivity contribution in [2.75, 3.05) is 20.8 Å². The molecule has 0 unspecified atom stereocenters. The molecular weight excluding hydrogens is 360 g/mol. The van der Waals surface area contributed by atoms with Crippen LogP contribution in [0.5, 0.6) is 11.5 Å². The maximum absolute atomic E-state index is 12.2. The molecule has 7 nitrogen and oxygen atoms in total. The molecule has 26 heavy (non-hydrogen) atoms. The van der Waals surface area contributed by atoms with Gasteiger partial charge in [-0.2, -0.15) is 0 Å². The van der Waals surface area contributed by atoms with Gasteiger partial charge in [0.15, 0.2) is 11.5 Å². The average Bonchev–Trinajstić information content (AvgIpc) is 2.64. The summed E-state index contributed by atoms with van der Waals surface area (Å²) in [4.78, 5) is 22.4. The second kappa shape index (κ2) is 9.05. The zero-order valence-corrected chi connectivity index (χ0v) is 15.2. The van der Waals surface area contributed by atoms with E-state index in [4.69, 9.17) is 21.1 Å². The van der Waals surface area contributed by atoms with Gasteiger partial charge in [-0.25, -0.2) is 0 Å². The largest absolute Gasteiger partial charge is 0.493 e. The number of amides is 1. The van der Waals surface area contributed by atoms with Crippen LogP contribution < -0.4 is 14.8 Å². The van der Waals surface area contributed by atoms with Crippen LogP contribution in [0.2, 0.25) is 5.02 Å². The van der Waals surface area contributed by atoms with Crippen LogP contribution in [0.25, 0.3) is 0 Å². The van der Waals surface area contributed by atoms with Gasteiger partial charge < -0.3 is 14.8 Å². The normalized spacial score (nSPS) is 10.3. The molecule has 0 atom stereocenters. The highest BCUT2D eigenvalue weighted by Crippen LogP contribution is 2.28. The topological polar surface area (TPSA) is 90.7 Å². The molecule has 2 aromatic carbocycles. The van der Waals surface area contributed by atoms with E-state index in [0.29, 0.717) is 24.5 Å². The van der Waals surface area contributed by atoms with Crippen LogP contribution in [0.15, 0.2) is 36.4 Å². The van der Waals surface area contributed by atoms with E-state index >= 15 is 0 Å². The van der Waals surface area contributed by atoms with Crippen molar-refractivity contribution in [2.45, 2.75) is 12.8 Å². The van der Waals surface area contributed by atoms with Crippen LogP contribution >= 0.6 is 11.6 Å². The fourth-order valence-corrected chi connectivity index (χ4v) is 2.63. The summed E-state index contributed by atoms with van der Waals surface area (Å²) in [6, 6.07) is 9.43. The highest BCUT2D eigenvalue weighted by Gasteiger charge is 2.15. The molecule has 2 rings (SSSR count). The van der Waals surface area contributed by atoms with E-state index in [-0.39, 0.29) is 16.3 Å². The number of methoxy groups -OCH3 is 2. The van der Waals surface area contributed by atoms with E-state index in [1.165, 1.54) is 18.2 Å². The minimum atomic E-state index is -0.565. The third-order valence-corrected chi connectivity index (χ3v) is 4.11. The fourth-order valence-electron chi connectivity index (χ4n) is 2.43. The van der Waals surface area contributed by atoms with Crippen LogP contribution in [-0.4, -0.2) is 31.6 Å². The Labute approximate surface area is 156 Å². The molecule has 0 fully saturated rings. The number of hydrogen-bond acceptors (Lipinski definition) is 5. The Kier molecular flexibility index (Phi) is 6.80. The van der Waals surface area contributed by atoms with Crippen molar-refractivity contribution in [3.63, 3.8) is 0 Å². The molecule has 0 saturated carbocycles. The first kappa shape index (κ1) is 19.5. The summed E-state index contributed by atoms with van der Waals surface area (Å²) >= 11 is 5.96. The molecule has 0 radical (unpaired) electrons. The predicted molar refractivity (Wildman–Crippen MR) is 98.3 cm³/mol. The lowest BCUT2D eigenvalue weighted by Gasteiger charge is -2.10. The highest BCUT2D eigenvalue weighted by atomic mass is 35.5. The number of nitro groups is 1. The Morgan fingerprint density at radius 3 is 2.54 bits per heavy atom. The van der Waals surface area contributed by atoms with Gasteiger partial charge in [0, 0.05) is 18.7 Å². The van der Waals surface area contributed by atoms with Crippen molar-refractivity contribution in [1.29, 1.82) is 0 Å². The number of non-ortho nitro benzene ring substituents is 1. The summed E-state index contributed by atoms with van der Waals surface area (Å²) in [7, 11) is 3.15. The van der Waals surface area contributed by atoms with Crippen LogP contribution in [0.4, 0.5) is 5.69 Å². The number of carbonyl (C=O) groups excluding carboxylic acids is 1. The summed E-state index contributed by atoms with van der Waals surface area (Å²) in [5, 5.41) is 13.7. The van der Waals surface area contributed by atoms with E-state index < -0.39 is 10.8 Å². The van der Waals surface area contributed by atoms with Gasteiger partial charge in [0.2, 0.25) is 0 Å². The lowest BCUT2D eigenvalue weighted by Crippen LogP contribution is -2.25. The first-order valence-corrected chi connectivity index (χ1v) is 8.27. The van der Waals surface area contributed by atoms with Gasteiger partial charge in [0.25, 0.3) is 11.6 Å². The predicted octanol–water partition coefficient (Wildman–Crippen LogP) is 3.63. The average molecular weight is 379 g/mol. The number of hydrogen-bond donors (Lipinski definition) is 1. The van der Waals surface area contributed by atoms with Gasteiger partial charge in [-0.05, 0) is 36.6 Å². The van der Waals surface area contributed by atoms with E-state index in [2.05, 4.69) is 5.32 Å². The third-order valence-electron chi connectivity index (χ3n) is 3.78. The van der Waals surface area contributed by atoms with Crippen molar-refractivity contribution < 1.29 is 19.2 Å². The minimum Gasteiger partial charge on any atom is -0.493 e. The Balaban J connectivity index is 1.91. The van der Waals surface area contributed by atoms with Crippen molar-refractivity contribution >= 4 is 23.2 Å². The van der Waals surface area contributed by atoms with Gasteiger partial charge >= 0.3 is 0 Å². The summed E-state index contributed by atoms with van der Waals surface area (Å²) in [5.74, 6) is 0.869. The molecule has 0 aromatic heterocycles. The van der Waals surface area contributed by atoms with E-state index in [0.717, 1.165) is 12.0 Å². The Hall–Kier alpha value is -2.80. The molecule has 0 heterocycles. The molecule has 0 saturated heterocycles. The van der Waals surface area contributed by atoms with Crippen molar-refractivity contribution in [3.05, 3.63) is 62.7 Å². The molecule has 0 spiro atoms. The monoisotopic (exact) mass is 378 g/mol. The summed E-state index contributed by atoms with van der Waals surface area (Å²) in [6.07, 6.45) is 1.41. The van der Waals surface area contributed by atoms with E-state index in [1.807, 2.05) is 18.2 Å². The number of benzene rings is 2. The lowest BCUT2D eigenvalue weighted by molar-refractivity contribution is -0.384. The maximum Gasteiger partial charge on any atom is 0.270 e. The van der Waals surface area contributed by atoms with Gasteiger partial charge in [0.1, 0.15) is 0 Å². The Morgan fingerprint density at radius 1 is 1.15 bits per heavy atom. The number of aryl methyl sites for hydroxylation is 1. The quantitative estimate of drug-likeness (QED) is 0.430. The number of nitrogens with one attached hydrogen (secondary N) is 1. The van der Waals surface area contributed by atoms with Crippen LogP contribution in [0, 0.1) is 10.1 Å². The van der Waals surface area contributed by atoms with Crippen molar-refractivity contribution in [2.24, 2.45) is 0 Å². The van der Waals surface area contributed by atoms with Gasteiger partial charge in [-0.1, -0.05) is 17.7 Å². The number of carbonyl (C=O) groups is 1. The minimum absolute atomic E-state index is 0.0898. The van der Waals surface area contributed by atoms with Gasteiger partial charge in [-0.15, -0.1) is 0 Å². The first-order chi connectivity index (χ1) is 12.5. The molecule has 0 bridgehead atoms. The number of rotatable bonds is 8. The second-order valence-corrected chi connectivity index (χ2v) is 5.88. The highest BCUT2D eigenvalue weighted by molar-refractivity contribution is 6.33. The molecular formula is C18H19ClN2O5. The van der Waals surface area contributed by atoms with Crippen molar-refractivity contribution in [1.82, 2.24) is 5.32 Å². The molecule has 0 aliphatic rings. The molecule has 0 aliphatic carbocycles. The molecule has 1 N–H and O–H groups in total. The Bertz CT molecular complexity index is 810. The molecule has 0 aliphatic heterocycles. The summed E-state index contributed by atoms with van der Waals surface area (Å²) < 4.78 is 10.5. The number of halogens is 1. The van der Waals surface area contributed by atoms with E-state index in [1.54, 1.807) is 14.2 Å². The van der Waals surface area contributed by atoms with E-state index in [9.17, 15) is 14.9 Å². The van der Waals surface area contributed by atoms with Gasteiger partial charge in [0.05, 0.1) is 29.7 Å². The van der Waals surface area contributed by atoms with Crippen LogP contribution in [0.3, 0.4) is 0 Å².